The highest BCUT2D eigenvalue weighted by molar-refractivity contribution is 5.61. The largest absolute Gasteiger partial charge is 0.388 e. The van der Waals surface area contributed by atoms with Crippen molar-refractivity contribution in [2.75, 3.05) is 0 Å². The highest BCUT2D eigenvalue weighted by Gasteiger charge is 2.39. The van der Waals surface area contributed by atoms with Crippen LogP contribution in [-0.4, -0.2) is 20.4 Å². The lowest BCUT2D eigenvalue weighted by atomic mass is 9.64. The van der Waals surface area contributed by atoms with Crippen LogP contribution in [0.2, 0.25) is 0 Å². The minimum absolute atomic E-state index is 0.0837. The molecule has 0 spiro atoms. The van der Waals surface area contributed by atoms with Gasteiger partial charge in [0.15, 0.2) is 0 Å². The van der Waals surface area contributed by atoms with Gasteiger partial charge in [0.25, 0.3) is 0 Å². The van der Waals surface area contributed by atoms with Crippen molar-refractivity contribution < 1.29 is 20.4 Å². The second-order valence-electron chi connectivity index (χ2n) is 14.0. The van der Waals surface area contributed by atoms with Crippen LogP contribution in [-0.2, 0) is 5.41 Å². The van der Waals surface area contributed by atoms with Crippen LogP contribution in [0.25, 0.3) is 0 Å². The van der Waals surface area contributed by atoms with E-state index in [1.54, 1.807) is 0 Å². The highest BCUT2D eigenvalue weighted by Crippen LogP contribution is 2.46. The number of rotatable bonds is 12. The van der Waals surface area contributed by atoms with Crippen molar-refractivity contribution in [1.29, 1.82) is 0 Å². The summed E-state index contributed by atoms with van der Waals surface area (Å²) in [6, 6.07) is 32.9. The average molecular weight is 609 g/mol. The van der Waals surface area contributed by atoms with E-state index in [1.807, 2.05) is 104 Å². The van der Waals surface area contributed by atoms with E-state index in [9.17, 15) is 20.4 Å². The van der Waals surface area contributed by atoms with Crippen molar-refractivity contribution in [1.82, 2.24) is 0 Å². The smallest absolute Gasteiger partial charge is 0.0812 e. The number of hydrogen-bond acceptors (Lipinski definition) is 4. The third-order valence-electron chi connectivity index (χ3n) is 9.27. The van der Waals surface area contributed by atoms with Crippen molar-refractivity contribution in [3.05, 3.63) is 142 Å². The van der Waals surface area contributed by atoms with E-state index in [0.717, 1.165) is 44.5 Å². The Morgan fingerprint density at radius 3 is 0.600 bits per heavy atom. The fourth-order valence-electron chi connectivity index (χ4n) is 6.26. The molecule has 4 heteroatoms. The Bertz CT molecular complexity index is 1250. The molecule has 4 atom stereocenters. The first kappa shape index (κ1) is 34.6. The Hall–Kier alpha value is -3.28. The number of hydrogen-bond donors (Lipinski definition) is 4. The van der Waals surface area contributed by atoms with Crippen molar-refractivity contribution in [3.63, 3.8) is 0 Å². The second kappa shape index (κ2) is 14.4. The van der Waals surface area contributed by atoms with E-state index in [2.05, 4.69) is 48.5 Å². The monoisotopic (exact) mass is 608 g/mol. The van der Waals surface area contributed by atoms with Gasteiger partial charge in [-0.25, -0.2) is 0 Å². The van der Waals surface area contributed by atoms with Gasteiger partial charge in [0.05, 0.1) is 29.8 Å². The molecule has 0 aromatic heterocycles. The van der Waals surface area contributed by atoms with Crippen LogP contribution in [0.5, 0.6) is 0 Å². The Morgan fingerprint density at radius 1 is 0.311 bits per heavy atom. The van der Waals surface area contributed by atoms with E-state index in [-0.39, 0.29) is 23.7 Å². The van der Waals surface area contributed by atoms with Gasteiger partial charge >= 0.3 is 0 Å². The van der Waals surface area contributed by atoms with Gasteiger partial charge in [0, 0.05) is 0 Å². The molecule has 0 amide bonds. The zero-order valence-corrected chi connectivity index (χ0v) is 28.1. The maximum atomic E-state index is 10.9. The van der Waals surface area contributed by atoms with Crippen molar-refractivity contribution in [2.24, 2.45) is 23.7 Å². The molecule has 4 aromatic carbocycles. The summed E-state index contributed by atoms with van der Waals surface area (Å²) in [5.74, 6) is 0.335. The first-order valence-corrected chi connectivity index (χ1v) is 16.4. The molecule has 0 fully saturated rings. The van der Waals surface area contributed by atoms with E-state index in [4.69, 9.17) is 0 Å². The van der Waals surface area contributed by atoms with Crippen molar-refractivity contribution >= 4 is 0 Å². The molecule has 4 rings (SSSR count). The molecule has 4 N–H and O–H groups in total. The zero-order chi connectivity index (χ0) is 33.1. The molecule has 0 heterocycles. The van der Waals surface area contributed by atoms with Crippen LogP contribution in [0.4, 0.5) is 0 Å². The lowest BCUT2D eigenvalue weighted by Crippen LogP contribution is -2.31. The van der Waals surface area contributed by atoms with Gasteiger partial charge in [0.1, 0.15) is 0 Å². The predicted molar refractivity (Wildman–Crippen MR) is 184 cm³/mol. The third-order valence-corrected chi connectivity index (χ3v) is 9.27. The molecular weight excluding hydrogens is 556 g/mol. The topological polar surface area (TPSA) is 80.9 Å². The van der Waals surface area contributed by atoms with Crippen LogP contribution in [0.15, 0.2) is 97.1 Å². The second-order valence-corrected chi connectivity index (χ2v) is 14.0. The Balaban J connectivity index is 2.03. The summed E-state index contributed by atoms with van der Waals surface area (Å²) in [5, 5.41) is 43.4. The zero-order valence-electron chi connectivity index (χ0n) is 28.1. The molecule has 0 saturated heterocycles. The van der Waals surface area contributed by atoms with Gasteiger partial charge in [-0.2, -0.15) is 0 Å². The summed E-state index contributed by atoms with van der Waals surface area (Å²) in [6.07, 6.45) is -2.28. The molecule has 45 heavy (non-hydrogen) atoms. The van der Waals surface area contributed by atoms with E-state index >= 15 is 0 Å². The molecule has 0 bridgehead atoms. The Kier molecular flexibility index (Phi) is 11.1. The fraction of sp³-hybridized carbons (Fsp3) is 0.415. The normalized spacial score (nSPS) is 16.2. The minimum atomic E-state index is -0.773. The van der Waals surface area contributed by atoms with E-state index in [0.29, 0.717) is 0 Å². The summed E-state index contributed by atoms with van der Waals surface area (Å²) in [4.78, 5) is 0. The quantitative estimate of drug-likeness (QED) is 0.121. The number of aliphatic hydroxyl groups is 4. The Labute approximate surface area is 270 Å². The van der Waals surface area contributed by atoms with Gasteiger partial charge in [-0.05, 0) is 68.2 Å². The van der Waals surface area contributed by atoms with Crippen LogP contribution >= 0.6 is 0 Å². The predicted octanol–water partition coefficient (Wildman–Crippen LogP) is 8.83. The number of aliphatic hydroxyl groups excluding tert-OH is 4. The van der Waals surface area contributed by atoms with Crippen LogP contribution < -0.4 is 0 Å². The highest BCUT2D eigenvalue weighted by atomic mass is 16.3. The summed E-state index contributed by atoms with van der Waals surface area (Å²) in [7, 11) is 0. The molecule has 0 aliphatic heterocycles. The number of benzene rings is 4. The summed E-state index contributed by atoms with van der Waals surface area (Å²) in [5.41, 5.74) is 6.77. The average Bonchev–Trinajstić information content (AvgIpc) is 3.04. The van der Waals surface area contributed by atoms with Crippen molar-refractivity contribution in [3.8, 4) is 0 Å². The molecule has 4 aromatic rings. The SMILES string of the molecule is CC(C)C(O)c1ccc(C(c2ccc(C(O)C(C)C)cc2)(c2ccc(C(O)C(C)C)cc2)c2ccc(C(O)C(C)C)cc2)cc1. The molecule has 0 saturated carbocycles. The summed E-state index contributed by atoms with van der Waals surface area (Å²) >= 11 is 0. The van der Waals surface area contributed by atoms with Crippen LogP contribution in [0.3, 0.4) is 0 Å². The van der Waals surface area contributed by atoms with E-state index < -0.39 is 29.8 Å². The molecule has 240 valence electrons. The van der Waals surface area contributed by atoms with Gasteiger partial charge in [-0.1, -0.05) is 152 Å². The van der Waals surface area contributed by atoms with Crippen LogP contribution in [0, 0.1) is 23.7 Å². The molecule has 4 unspecified atom stereocenters. The molecule has 0 aliphatic rings. The lowest BCUT2D eigenvalue weighted by Gasteiger charge is -2.38. The van der Waals surface area contributed by atoms with E-state index in [1.165, 1.54) is 0 Å². The van der Waals surface area contributed by atoms with Crippen molar-refractivity contribution in [2.45, 2.75) is 85.2 Å². The molecule has 4 nitrogen and oxygen atoms in total. The summed E-state index contributed by atoms with van der Waals surface area (Å²) in [6.45, 7) is 16.1. The maximum Gasteiger partial charge on any atom is 0.0812 e. The van der Waals surface area contributed by atoms with Crippen LogP contribution in [0.1, 0.15) is 124 Å². The molecule has 0 aliphatic carbocycles. The third kappa shape index (κ3) is 7.10. The summed E-state index contributed by atoms with van der Waals surface area (Å²) < 4.78 is 0. The van der Waals surface area contributed by atoms with Gasteiger partial charge in [-0.3, -0.25) is 0 Å². The minimum Gasteiger partial charge on any atom is -0.388 e. The fourth-order valence-corrected chi connectivity index (χ4v) is 6.26. The van der Waals surface area contributed by atoms with Gasteiger partial charge < -0.3 is 20.4 Å². The molecule has 0 radical (unpaired) electrons. The first-order valence-electron chi connectivity index (χ1n) is 16.4. The van der Waals surface area contributed by atoms with Gasteiger partial charge in [-0.15, -0.1) is 0 Å². The maximum absolute atomic E-state index is 10.9. The van der Waals surface area contributed by atoms with Gasteiger partial charge in [0.2, 0.25) is 0 Å². The Morgan fingerprint density at radius 2 is 0.467 bits per heavy atom. The first-order chi connectivity index (χ1) is 21.3. The standard InChI is InChI=1S/C41H52O4/c1-25(2)37(42)29-9-17-33(18-10-29)41(34-19-11-30(12-20-34)38(43)26(3)4,35-21-13-31(14-22-35)39(44)27(5)6)36-23-15-32(16-24-36)40(45)28(7)8/h9-28,37-40,42-45H,1-8H3. The lowest BCUT2D eigenvalue weighted by molar-refractivity contribution is 0.127. The molecular formula is C41H52O4.